The summed E-state index contributed by atoms with van der Waals surface area (Å²) in [6, 6.07) is 0.154. The monoisotopic (exact) mass is 242 g/mol. The lowest BCUT2D eigenvalue weighted by Crippen LogP contribution is -2.28. The summed E-state index contributed by atoms with van der Waals surface area (Å²) in [6.45, 7) is 16.6. The Hall–Kier alpha value is -0.440. The molecule has 0 heterocycles. The molecule has 0 spiro atoms. The van der Waals surface area contributed by atoms with E-state index in [1.807, 2.05) is 6.92 Å². The summed E-state index contributed by atoms with van der Waals surface area (Å²) in [5.74, 6) is 0. The normalized spacial score (nSPS) is 19.4. The zero-order chi connectivity index (χ0) is 13.9. The first-order chi connectivity index (χ1) is 7.31. The average Bonchev–Trinajstić information content (AvgIpc) is 1.92. The highest BCUT2D eigenvalue weighted by Crippen LogP contribution is 2.29. The van der Waals surface area contributed by atoms with E-state index < -0.39 is 5.72 Å². The minimum atomic E-state index is -1.05. The van der Waals surface area contributed by atoms with Crippen LogP contribution in [-0.2, 0) is 0 Å². The molecule has 0 fully saturated rings. The van der Waals surface area contributed by atoms with Crippen LogP contribution in [0.15, 0.2) is 10.2 Å². The summed E-state index contributed by atoms with van der Waals surface area (Å²) in [7, 11) is 0. The van der Waals surface area contributed by atoms with Crippen molar-refractivity contribution < 1.29 is 5.11 Å². The highest BCUT2D eigenvalue weighted by atomic mass is 16.3. The fourth-order valence-corrected chi connectivity index (χ4v) is 2.19. The second kappa shape index (κ2) is 5.47. The molecule has 0 aliphatic heterocycles. The summed E-state index contributed by atoms with van der Waals surface area (Å²) in [5.41, 5.74) is -0.755. The van der Waals surface area contributed by atoms with E-state index >= 15 is 0 Å². The fraction of sp³-hybridized carbons (Fsp3) is 1.00. The van der Waals surface area contributed by atoms with Gasteiger partial charge in [0.1, 0.15) is 0 Å². The fourth-order valence-electron chi connectivity index (χ4n) is 2.19. The van der Waals surface area contributed by atoms with E-state index in [1.54, 1.807) is 6.92 Å². The first-order valence-electron chi connectivity index (χ1n) is 6.45. The highest BCUT2D eigenvalue weighted by Gasteiger charge is 2.27. The van der Waals surface area contributed by atoms with Gasteiger partial charge >= 0.3 is 0 Å². The molecule has 1 N–H and O–H groups in total. The number of nitrogens with zero attached hydrogens (tertiary/aromatic N) is 2. The topological polar surface area (TPSA) is 45.0 Å². The number of hydrogen-bond acceptors (Lipinski definition) is 3. The minimum absolute atomic E-state index is 0.0514. The number of rotatable bonds is 4. The standard InChI is InChI=1S/C14H30N2O/c1-11(9-12(2,3)4)15-16-14(8,17)10-13(5,6)7/h11,17H,9-10H2,1-8H3. The van der Waals surface area contributed by atoms with Crippen molar-refractivity contribution in [1.82, 2.24) is 0 Å². The van der Waals surface area contributed by atoms with Crippen LogP contribution >= 0.6 is 0 Å². The third-order valence-electron chi connectivity index (χ3n) is 2.24. The highest BCUT2D eigenvalue weighted by molar-refractivity contribution is 4.77. The van der Waals surface area contributed by atoms with Crippen molar-refractivity contribution in [2.75, 3.05) is 0 Å². The number of hydrogen-bond donors (Lipinski definition) is 1. The van der Waals surface area contributed by atoms with Crippen LogP contribution in [0.5, 0.6) is 0 Å². The molecule has 0 radical (unpaired) electrons. The van der Waals surface area contributed by atoms with E-state index in [9.17, 15) is 5.11 Å². The van der Waals surface area contributed by atoms with Crippen molar-refractivity contribution in [3.8, 4) is 0 Å². The molecular weight excluding hydrogens is 212 g/mol. The van der Waals surface area contributed by atoms with Crippen molar-refractivity contribution >= 4 is 0 Å². The van der Waals surface area contributed by atoms with E-state index in [4.69, 9.17) is 0 Å². The van der Waals surface area contributed by atoms with Gasteiger partial charge in [0.2, 0.25) is 0 Å². The van der Waals surface area contributed by atoms with Crippen LogP contribution in [0.4, 0.5) is 0 Å². The van der Waals surface area contributed by atoms with Crippen molar-refractivity contribution in [1.29, 1.82) is 0 Å². The average molecular weight is 242 g/mol. The molecule has 0 bridgehead atoms. The SMILES string of the molecule is CC(CC(C)(C)C)N=NC(C)(O)CC(C)(C)C. The molecule has 2 unspecified atom stereocenters. The van der Waals surface area contributed by atoms with Gasteiger partial charge in [0, 0.05) is 6.42 Å². The van der Waals surface area contributed by atoms with E-state index in [0.29, 0.717) is 6.42 Å². The van der Waals surface area contributed by atoms with Crippen molar-refractivity contribution in [2.24, 2.45) is 21.1 Å². The molecule has 0 aromatic carbocycles. The molecule has 0 amide bonds. The Balaban J connectivity index is 4.40. The lowest BCUT2D eigenvalue weighted by Gasteiger charge is -2.27. The minimum Gasteiger partial charge on any atom is -0.368 e. The van der Waals surface area contributed by atoms with Gasteiger partial charge < -0.3 is 5.11 Å². The quantitative estimate of drug-likeness (QED) is 0.729. The molecule has 17 heavy (non-hydrogen) atoms. The van der Waals surface area contributed by atoms with E-state index in [1.165, 1.54) is 0 Å². The van der Waals surface area contributed by atoms with Crippen LogP contribution in [0.3, 0.4) is 0 Å². The predicted octanol–water partition coefficient (Wildman–Crippen LogP) is 4.41. The zero-order valence-electron chi connectivity index (χ0n) is 12.8. The second-order valence-corrected chi connectivity index (χ2v) is 7.78. The second-order valence-electron chi connectivity index (χ2n) is 7.78. The van der Waals surface area contributed by atoms with Gasteiger partial charge in [-0.3, -0.25) is 0 Å². The van der Waals surface area contributed by atoms with Crippen LogP contribution in [0.2, 0.25) is 0 Å². The zero-order valence-corrected chi connectivity index (χ0v) is 12.8. The first-order valence-corrected chi connectivity index (χ1v) is 6.45. The van der Waals surface area contributed by atoms with Gasteiger partial charge in [-0.2, -0.15) is 10.2 Å². The van der Waals surface area contributed by atoms with E-state index in [-0.39, 0.29) is 16.9 Å². The Kier molecular flexibility index (Phi) is 5.33. The van der Waals surface area contributed by atoms with Crippen molar-refractivity contribution in [2.45, 2.75) is 80.0 Å². The molecular formula is C14H30N2O. The summed E-state index contributed by atoms with van der Waals surface area (Å²) >= 11 is 0. The maximum absolute atomic E-state index is 10.1. The number of aliphatic hydroxyl groups is 1. The molecule has 3 nitrogen and oxygen atoms in total. The van der Waals surface area contributed by atoms with Gasteiger partial charge in [-0.1, -0.05) is 41.5 Å². The molecule has 3 heteroatoms. The third kappa shape index (κ3) is 10.4. The van der Waals surface area contributed by atoms with E-state index in [0.717, 1.165) is 6.42 Å². The van der Waals surface area contributed by atoms with Crippen LogP contribution in [0, 0.1) is 10.8 Å². The van der Waals surface area contributed by atoms with Gasteiger partial charge in [-0.25, -0.2) is 0 Å². The van der Waals surface area contributed by atoms with Gasteiger partial charge in [-0.15, -0.1) is 0 Å². The van der Waals surface area contributed by atoms with Crippen LogP contribution in [0.25, 0.3) is 0 Å². The molecule has 0 saturated carbocycles. The molecule has 0 aromatic heterocycles. The Labute approximate surface area is 107 Å². The van der Waals surface area contributed by atoms with Gasteiger partial charge in [0.25, 0.3) is 0 Å². The third-order valence-corrected chi connectivity index (χ3v) is 2.24. The first kappa shape index (κ1) is 16.6. The summed E-state index contributed by atoms with van der Waals surface area (Å²) in [4.78, 5) is 0. The van der Waals surface area contributed by atoms with Crippen LogP contribution < -0.4 is 0 Å². The van der Waals surface area contributed by atoms with Gasteiger partial charge in [0.15, 0.2) is 5.72 Å². The molecule has 0 aliphatic rings. The van der Waals surface area contributed by atoms with Crippen molar-refractivity contribution in [3.63, 3.8) is 0 Å². The molecule has 102 valence electrons. The Morgan fingerprint density at radius 2 is 1.41 bits per heavy atom. The lowest BCUT2D eigenvalue weighted by atomic mass is 9.87. The molecule has 2 atom stereocenters. The maximum atomic E-state index is 10.1. The number of azo groups is 1. The molecule has 0 aliphatic carbocycles. The summed E-state index contributed by atoms with van der Waals surface area (Å²) in [5, 5.41) is 18.5. The van der Waals surface area contributed by atoms with Gasteiger partial charge in [-0.05, 0) is 31.1 Å². The van der Waals surface area contributed by atoms with Gasteiger partial charge in [0.05, 0.1) is 6.04 Å². The van der Waals surface area contributed by atoms with Crippen molar-refractivity contribution in [3.05, 3.63) is 0 Å². The maximum Gasteiger partial charge on any atom is 0.173 e. The summed E-state index contributed by atoms with van der Waals surface area (Å²) in [6.07, 6.45) is 1.59. The lowest BCUT2D eigenvalue weighted by molar-refractivity contribution is 0.0190. The Bertz CT molecular complexity index is 256. The van der Waals surface area contributed by atoms with Crippen LogP contribution in [0.1, 0.15) is 68.2 Å². The molecule has 0 rings (SSSR count). The smallest absolute Gasteiger partial charge is 0.173 e. The Morgan fingerprint density at radius 1 is 0.941 bits per heavy atom. The molecule has 0 saturated heterocycles. The van der Waals surface area contributed by atoms with Crippen LogP contribution in [-0.4, -0.2) is 16.9 Å². The largest absolute Gasteiger partial charge is 0.368 e. The Morgan fingerprint density at radius 3 is 1.76 bits per heavy atom. The predicted molar refractivity (Wildman–Crippen MR) is 73.1 cm³/mol. The molecule has 0 aromatic rings. The summed E-state index contributed by atoms with van der Waals surface area (Å²) < 4.78 is 0. The van der Waals surface area contributed by atoms with E-state index in [2.05, 4.69) is 51.8 Å².